The Morgan fingerprint density at radius 1 is 1.33 bits per heavy atom. The molecular formula is C10H13ClO. The minimum Gasteiger partial charge on any atom is -0.392 e. The fourth-order valence-electron chi connectivity index (χ4n) is 1.05. The molecule has 1 aromatic rings. The van der Waals surface area contributed by atoms with E-state index in [1.165, 1.54) is 5.56 Å². The molecule has 1 atom stereocenters. The summed E-state index contributed by atoms with van der Waals surface area (Å²) < 4.78 is 0. The zero-order chi connectivity index (χ0) is 8.97. The SMILES string of the molecule is Cc1ccc(C[C@@H](O)CCl)cc1. The first-order valence-electron chi connectivity index (χ1n) is 4.02. The van der Waals surface area contributed by atoms with Crippen molar-refractivity contribution in [1.29, 1.82) is 0 Å². The minimum atomic E-state index is -0.422. The van der Waals surface area contributed by atoms with Crippen molar-refractivity contribution in [3.8, 4) is 0 Å². The molecule has 0 saturated heterocycles. The number of alkyl halides is 1. The van der Waals surface area contributed by atoms with Crippen LogP contribution in [0.1, 0.15) is 11.1 Å². The van der Waals surface area contributed by atoms with Crippen LogP contribution in [0, 0.1) is 6.92 Å². The summed E-state index contributed by atoms with van der Waals surface area (Å²) in [6.45, 7) is 2.04. The van der Waals surface area contributed by atoms with Crippen LogP contribution in [0.3, 0.4) is 0 Å². The molecule has 0 fully saturated rings. The number of aliphatic hydroxyl groups excluding tert-OH is 1. The summed E-state index contributed by atoms with van der Waals surface area (Å²) in [7, 11) is 0. The van der Waals surface area contributed by atoms with E-state index in [1.54, 1.807) is 0 Å². The third-order valence-electron chi connectivity index (χ3n) is 1.77. The summed E-state index contributed by atoms with van der Waals surface area (Å²) in [6.07, 6.45) is 0.221. The van der Waals surface area contributed by atoms with Crippen molar-refractivity contribution in [2.24, 2.45) is 0 Å². The van der Waals surface area contributed by atoms with Crippen molar-refractivity contribution in [3.05, 3.63) is 35.4 Å². The smallest absolute Gasteiger partial charge is 0.0715 e. The van der Waals surface area contributed by atoms with E-state index >= 15 is 0 Å². The van der Waals surface area contributed by atoms with Gasteiger partial charge in [0.1, 0.15) is 0 Å². The van der Waals surface area contributed by atoms with Crippen LogP contribution < -0.4 is 0 Å². The Balaban J connectivity index is 2.58. The number of hydrogen-bond donors (Lipinski definition) is 1. The Morgan fingerprint density at radius 2 is 1.92 bits per heavy atom. The van der Waals surface area contributed by atoms with Crippen molar-refractivity contribution < 1.29 is 5.11 Å². The highest BCUT2D eigenvalue weighted by Gasteiger charge is 2.02. The van der Waals surface area contributed by atoms with Crippen LogP contribution in [-0.4, -0.2) is 17.1 Å². The largest absolute Gasteiger partial charge is 0.392 e. The highest BCUT2D eigenvalue weighted by Crippen LogP contribution is 2.06. The molecule has 12 heavy (non-hydrogen) atoms. The summed E-state index contributed by atoms with van der Waals surface area (Å²) in [5.41, 5.74) is 2.37. The Kier molecular flexibility index (Phi) is 3.57. The Hall–Kier alpha value is -0.530. The van der Waals surface area contributed by atoms with Crippen LogP contribution in [0.4, 0.5) is 0 Å². The monoisotopic (exact) mass is 184 g/mol. The van der Waals surface area contributed by atoms with Gasteiger partial charge in [-0.3, -0.25) is 0 Å². The van der Waals surface area contributed by atoms with E-state index in [4.69, 9.17) is 11.6 Å². The van der Waals surface area contributed by atoms with E-state index in [-0.39, 0.29) is 0 Å². The maximum Gasteiger partial charge on any atom is 0.0715 e. The van der Waals surface area contributed by atoms with Gasteiger partial charge >= 0.3 is 0 Å². The van der Waals surface area contributed by atoms with Gasteiger partial charge in [-0.1, -0.05) is 29.8 Å². The summed E-state index contributed by atoms with van der Waals surface area (Å²) in [4.78, 5) is 0. The predicted octanol–water partition coefficient (Wildman–Crippen LogP) is 2.14. The Bertz CT molecular complexity index is 230. The molecule has 0 spiro atoms. The van der Waals surface area contributed by atoms with Crippen molar-refractivity contribution in [2.75, 3.05) is 5.88 Å². The highest BCUT2D eigenvalue weighted by atomic mass is 35.5. The Morgan fingerprint density at radius 3 is 2.42 bits per heavy atom. The lowest BCUT2D eigenvalue weighted by molar-refractivity contribution is 0.199. The van der Waals surface area contributed by atoms with Crippen molar-refractivity contribution >= 4 is 11.6 Å². The second-order valence-corrected chi connectivity index (χ2v) is 3.31. The van der Waals surface area contributed by atoms with Gasteiger partial charge in [0.05, 0.1) is 6.10 Å². The van der Waals surface area contributed by atoms with Gasteiger partial charge in [-0.05, 0) is 18.9 Å². The lowest BCUT2D eigenvalue weighted by Crippen LogP contribution is -2.11. The van der Waals surface area contributed by atoms with E-state index in [0.29, 0.717) is 12.3 Å². The molecule has 1 nitrogen and oxygen atoms in total. The second kappa shape index (κ2) is 4.48. The molecule has 1 rings (SSSR count). The van der Waals surface area contributed by atoms with Crippen molar-refractivity contribution in [1.82, 2.24) is 0 Å². The summed E-state index contributed by atoms with van der Waals surface area (Å²) >= 11 is 5.48. The summed E-state index contributed by atoms with van der Waals surface area (Å²) in [6, 6.07) is 8.11. The maximum atomic E-state index is 9.25. The minimum absolute atomic E-state index is 0.299. The van der Waals surface area contributed by atoms with Crippen LogP contribution in [0.25, 0.3) is 0 Å². The molecule has 0 unspecified atom stereocenters. The first kappa shape index (κ1) is 9.56. The van der Waals surface area contributed by atoms with Gasteiger partial charge in [0.2, 0.25) is 0 Å². The van der Waals surface area contributed by atoms with E-state index in [9.17, 15) is 5.11 Å². The molecule has 0 bridgehead atoms. The molecule has 0 heterocycles. The number of aryl methyl sites for hydroxylation is 1. The fraction of sp³-hybridized carbons (Fsp3) is 0.400. The fourth-order valence-corrected chi connectivity index (χ4v) is 1.16. The number of hydrogen-bond acceptors (Lipinski definition) is 1. The number of aliphatic hydroxyl groups is 1. The van der Waals surface area contributed by atoms with Gasteiger partial charge < -0.3 is 5.11 Å². The topological polar surface area (TPSA) is 20.2 Å². The highest BCUT2D eigenvalue weighted by molar-refractivity contribution is 6.18. The quantitative estimate of drug-likeness (QED) is 0.714. The van der Waals surface area contributed by atoms with E-state index in [1.807, 2.05) is 31.2 Å². The lowest BCUT2D eigenvalue weighted by atomic mass is 10.1. The Labute approximate surface area is 78.0 Å². The zero-order valence-corrected chi connectivity index (χ0v) is 7.88. The molecule has 0 radical (unpaired) electrons. The van der Waals surface area contributed by atoms with E-state index in [2.05, 4.69) is 0 Å². The van der Waals surface area contributed by atoms with E-state index < -0.39 is 6.10 Å². The standard InChI is InChI=1S/C10H13ClO/c1-8-2-4-9(5-3-8)6-10(12)7-11/h2-5,10,12H,6-7H2,1H3/t10-/m1/s1. The number of rotatable bonds is 3. The average Bonchev–Trinajstić information content (AvgIpc) is 2.09. The molecular weight excluding hydrogens is 172 g/mol. The van der Waals surface area contributed by atoms with Gasteiger partial charge in [-0.2, -0.15) is 0 Å². The molecule has 0 aliphatic carbocycles. The van der Waals surface area contributed by atoms with Crippen LogP contribution in [0.15, 0.2) is 24.3 Å². The number of halogens is 1. The van der Waals surface area contributed by atoms with Gasteiger partial charge in [-0.25, -0.2) is 0 Å². The third kappa shape index (κ3) is 2.84. The van der Waals surface area contributed by atoms with Gasteiger partial charge in [0, 0.05) is 5.88 Å². The zero-order valence-electron chi connectivity index (χ0n) is 7.13. The molecule has 66 valence electrons. The van der Waals surface area contributed by atoms with Crippen LogP contribution in [-0.2, 0) is 6.42 Å². The molecule has 0 amide bonds. The first-order chi connectivity index (χ1) is 5.72. The van der Waals surface area contributed by atoms with Crippen LogP contribution in [0.2, 0.25) is 0 Å². The molecule has 0 saturated carbocycles. The predicted molar refractivity (Wildman–Crippen MR) is 51.6 cm³/mol. The lowest BCUT2D eigenvalue weighted by Gasteiger charge is -2.06. The molecule has 0 aliphatic heterocycles. The summed E-state index contributed by atoms with van der Waals surface area (Å²) in [5, 5.41) is 9.25. The number of benzene rings is 1. The average molecular weight is 185 g/mol. The van der Waals surface area contributed by atoms with E-state index in [0.717, 1.165) is 5.56 Å². The van der Waals surface area contributed by atoms with Gasteiger partial charge in [0.25, 0.3) is 0 Å². The molecule has 0 aliphatic rings. The van der Waals surface area contributed by atoms with Crippen LogP contribution in [0.5, 0.6) is 0 Å². The van der Waals surface area contributed by atoms with Crippen molar-refractivity contribution in [2.45, 2.75) is 19.4 Å². The third-order valence-corrected chi connectivity index (χ3v) is 2.13. The molecule has 1 N–H and O–H groups in total. The first-order valence-corrected chi connectivity index (χ1v) is 4.55. The van der Waals surface area contributed by atoms with Gasteiger partial charge in [-0.15, -0.1) is 11.6 Å². The molecule has 0 aromatic heterocycles. The summed E-state index contributed by atoms with van der Waals surface area (Å²) in [5.74, 6) is 0.299. The van der Waals surface area contributed by atoms with Crippen LogP contribution >= 0.6 is 11.6 Å². The van der Waals surface area contributed by atoms with Gasteiger partial charge in [0.15, 0.2) is 0 Å². The second-order valence-electron chi connectivity index (χ2n) is 3.00. The molecule has 2 heteroatoms. The maximum absolute atomic E-state index is 9.25. The normalized spacial score (nSPS) is 12.9. The molecule has 1 aromatic carbocycles. The van der Waals surface area contributed by atoms with Crippen molar-refractivity contribution in [3.63, 3.8) is 0 Å².